The number of carbonyl (C=O) groups excluding carboxylic acids is 2. The highest BCUT2D eigenvalue weighted by atomic mass is 35.5. The van der Waals surface area contributed by atoms with Gasteiger partial charge in [-0.05, 0) is 37.5 Å². The summed E-state index contributed by atoms with van der Waals surface area (Å²) in [6.45, 7) is 8.04. The number of hydrogen-bond donors (Lipinski definition) is 0. The third-order valence-electron chi connectivity index (χ3n) is 2.54. The molecule has 0 aliphatic carbocycles. The molecule has 0 N–H and O–H groups in total. The van der Waals surface area contributed by atoms with Crippen molar-refractivity contribution in [2.24, 2.45) is 5.92 Å². The molecule has 0 saturated carbocycles. The van der Waals surface area contributed by atoms with Gasteiger partial charge in [0.1, 0.15) is 5.75 Å². The number of aryl methyl sites for hydroxylation is 1. The van der Waals surface area contributed by atoms with Crippen molar-refractivity contribution < 1.29 is 19.1 Å². The summed E-state index contributed by atoms with van der Waals surface area (Å²) in [4.78, 5) is 23.6. The summed E-state index contributed by atoms with van der Waals surface area (Å²) >= 11 is 6.01. The summed E-state index contributed by atoms with van der Waals surface area (Å²) in [5.41, 5.74) is 0.922. The van der Waals surface area contributed by atoms with Gasteiger partial charge in [0.25, 0.3) is 5.78 Å². The van der Waals surface area contributed by atoms with Crippen LogP contribution in [0.4, 0.5) is 0 Å². The Bertz CT molecular complexity index is 509. The first-order valence-corrected chi connectivity index (χ1v) is 6.89. The minimum Gasteiger partial charge on any atom is -0.493 e. The van der Waals surface area contributed by atoms with Crippen LogP contribution in [0.2, 0.25) is 5.02 Å². The van der Waals surface area contributed by atoms with E-state index in [-0.39, 0.29) is 12.2 Å². The molecule has 1 rings (SSSR count). The van der Waals surface area contributed by atoms with Crippen molar-refractivity contribution in [1.82, 2.24) is 0 Å². The van der Waals surface area contributed by atoms with Gasteiger partial charge in [-0.25, -0.2) is 4.79 Å². The van der Waals surface area contributed by atoms with Gasteiger partial charge < -0.3 is 9.47 Å². The minimum absolute atomic E-state index is 0.139. The van der Waals surface area contributed by atoms with Gasteiger partial charge in [-0.2, -0.15) is 0 Å². The Hall–Kier alpha value is -1.55. The van der Waals surface area contributed by atoms with Crippen molar-refractivity contribution in [2.45, 2.75) is 27.7 Å². The normalized spacial score (nSPS) is 10.5. The molecule has 0 heterocycles. The molecule has 0 spiro atoms. The maximum Gasteiger partial charge on any atom is 0.379 e. The first-order valence-electron chi connectivity index (χ1n) is 6.51. The van der Waals surface area contributed by atoms with E-state index in [0.717, 1.165) is 5.56 Å². The van der Waals surface area contributed by atoms with E-state index in [0.29, 0.717) is 23.3 Å². The lowest BCUT2D eigenvalue weighted by atomic mass is 10.1. The fourth-order valence-corrected chi connectivity index (χ4v) is 1.68. The number of ketones is 1. The number of esters is 1. The average Bonchev–Trinajstić information content (AvgIpc) is 2.39. The molecule has 0 radical (unpaired) electrons. The molecular weight excluding hydrogens is 280 g/mol. The van der Waals surface area contributed by atoms with Crippen LogP contribution < -0.4 is 4.74 Å². The maximum atomic E-state index is 12.1. The van der Waals surface area contributed by atoms with E-state index in [4.69, 9.17) is 21.1 Å². The van der Waals surface area contributed by atoms with Gasteiger partial charge in [-0.15, -0.1) is 0 Å². The molecule has 0 aliphatic rings. The minimum atomic E-state index is -0.901. The van der Waals surface area contributed by atoms with Gasteiger partial charge in [-0.3, -0.25) is 4.79 Å². The predicted octanol–water partition coefficient (Wildman–Crippen LogP) is 3.43. The Morgan fingerprint density at radius 2 is 1.95 bits per heavy atom. The largest absolute Gasteiger partial charge is 0.493 e. The number of Topliss-reactive ketones (excluding diaryl/α,β-unsaturated/α-hetero) is 1. The van der Waals surface area contributed by atoms with Crippen LogP contribution in [-0.2, 0) is 9.53 Å². The Morgan fingerprint density at radius 1 is 1.30 bits per heavy atom. The zero-order valence-corrected chi connectivity index (χ0v) is 12.9. The van der Waals surface area contributed by atoms with Gasteiger partial charge in [0.05, 0.1) is 18.8 Å². The SMILES string of the molecule is CCOC(=O)C(=O)c1cc(Cl)c(C)cc1OCC(C)C. The number of benzene rings is 1. The Balaban J connectivity index is 3.11. The van der Waals surface area contributed by atoms with Crippen LogP contribution in [0.15, 0.2) is 12.1 Å². The monoisotopic (exact) mass is 298 g/mol. The highest BCUT2D eigenvalue weighted by Gasteiger charge is 2.23. The van der Waals surface area contributed by atoms with Gasteiger partial charge in [0.2, 0.25) is 0 Å². The molecule has 0 unspecified atom stereocenters. The first kappa shape index (κ1) is 16.5. The number of hydrogen-bond acceptors (Lipinski definition) is 4. The van der Waals surface area contributed by atoms with Crippen molar-refractivity contribution in [3.8, 4) is 5.75 Å². The second kappa shape index (κ2) is 7.29. The summed E-state index contributed by atoms with van der Waals surface area (Å²) < 4.78 is 10.3. The number of ether oxygens (including phenoxy) is 2. The molecule has 0 fully saturated rings. The number of halogens is 1. The van der Waals surface area contributed by atoms with Gasteiger partial charge >= 0.3 is 5.97 Å². The van der Waals surface area contributed by atoms with Crippen LogP contribution in [0.1, 0.15) is 36.7 Å². The van der Waals surface area contributed by atoms with Crippen LogP contribution in [0.3, 0.4) is 0 Å². The molecule has 0 amide bonds. The van der Waals surface area contributed by atoms with E-state index in [9.17, 15) is 9.59 Å². The van der Waals surface area contributed by atoms with Crippen LogP contribution in [0, 0.1) is 12.8 Å². The highest BCUT2D eigenvalue weighted by molar-refractivity contribution is 6.42. The Labute approximate surface area is 124 Å². The molecule has 1 aromatic carbocycles. The van der Waals surface area contributed by atoms with E-state index in [1.807, 2.05) is 20.8 Å². The molecule has 4 nitrogen and oxygen atoms in total. The highest BCUT2D eigenvalue weighted by Crippen LogP contribution is 2.28. The van der Waals surface area contributed by atoms with Crippen LogP contribution in [0.25, 0.3) is 0 Å². The maximum absolute atomic E-state index is 12.1. The summed E-state index contributed by atoms with van der Waals surface area (Å²) in [5, 5.41) is 0.412. The summed E-state index contributed by atoms with van der Waals surface area (Å²) in [7, 11) is 0. The van der Waals surface area contributed by atoms with Crippen LogP contribution >= 0.6 is 11.6 Å². The standard InChI is InChI=1S/C15H19ClO4/c1-5-19-15(18)14(17)11-7-12(16)10(4)6-13(11)20-8-9(2)3/h6-7,9H,5,8H2,1-4H3. The molecule has 110 valence electrons. The second-order valence-corrected chi connectivity index (χ2v) is 5.26. The second-order valence-electron chi connectivity index (χ2n) is 4.85. The Kier molecular flexibility index (Phi) is 6.02. The molecule has 0 bridgehead atoms. The molecule has 0 aromatic heterocycles. The number of rotatable bonds is 6. The molecule has 1 aromatic rings. The third kappa shape index (κ3) is 4.23. The summed E-state index contributed by atoms with van der Waals surface area (Å²) in [6.07, 6.45) is 0. The molecular formula is C15H19ClO4. The van der Waals surface area contributed by atoms with E-state index < -0.39 is 11.8 Å². The molecule has 0 aliphatic heterocycles. The van der Waals surface area contributed by atoms with E-state index in [1.165, 1.54) is 6.07 Å². The van der Waals surface area contributed by atoms with Gasteiger partial charge in [0, 0.05) is 5.02 Å². The van der Waals surface area contributed by atoms with Crippen molar-refractivity contribution in [1.29, 1.82) is 0 Å². The van der Waals surface area contributed by atoms with Crippen molar-refractivity contribution in [2.75, 3.05) is 13.2 Å². The zero-order chi connectivity index (χ0) is 15.3. The lowest BCUT2D eigenvalue weighted by Crippen LogP contribution is -2.19. The third-order valence-corrected chi connectivity index (χ3v) is 2.95. The number of carbonyl (C=O) groups is 2. The first-order chi connectivity index (χ1) is 9.36. The zero-order valence-electron chi connectivity index (χ0n) is 12.2. The van der Waals surface area contributed by atoms with Crippen LogP contribution in [0.5, 0.6) is 5.75 Å². The lowest BCUT2D eigenvalue weighted by molar-refractivity contribution is -0.137. The predicted molar refractivity (Wildman–Crippen MR) is 77.5 cm³/mol. The topological polar surface area (TPSA) is 52.6 Å². The van der Waals surface area contributed by atoms with Gasteiger partial charge in [0.15, 0.2) is 0 Å². The fourth-order valence-electron chi connectivity index (χ4n) is 1.51. The van der Waals surface area contributed by atoms with Crippen LogP contribution in [-0.4, -0.2) is 25.0 Å². The average molecular weight is 299 g/mol. The lowest BCUT2D eigenvalue weighted by Gasteiger charge is -2.14. The van der Waals surface area contributed by atoms with E-state index in [1.54, 1.807) is 13.0 Å². The molecule has 20 heavy (non-hydrogen) atoms. The fraction of sp³-hybridized carbons (Fsp3) is 0.467. The smallest absolute Gasteiger partial charge is 0.379 e. The van der Waals surface area contributed by atoms with E-state index in [2.05, 4.69) is 0 Å². The Morgan fingerprint density at radius 3 is 2.50 bits per heavy atom. The quantitative estimate of drug-likeness (QED) is 0.459. The van der Waals surface area contributed by atoms with Gasteiger partial charge in [-0.1, -0.05) is 25.4 Å². The van der Waals surface area contributed by atoms with E-state index >= 15 is 0 Å². The van der Waals surface area contributed by atoms with Crippen molar-refractivity contribution in [3.63, 3.8) is 0 Å². The summed E-state index contributed by atoms with van der Waals surface area (Å²) in [6, 6.07) is 3.11. The van der Waals surface area contributed by atoms with Crippen molar-refractivity contribution in [3.05, 3.63) is 28.3 Å². The molecule has 5 heteroatoms. The molecule has 0 saturated heterocycles. The van der Waals surface area contributed by atoms with Crippen molar-refractivity contribution >= 4 is 23.4 Å². The summed E-state index contributed by atoms with van der Waals surface area (Å²) in [5.74, 6) is -0.982. The molecule has 0 atom stereocenters.